The Kier molecular flexibility index (Phi) is 2.26. The second-order valence-corrected chi connectivity index (χ2v) is 4.11. The molecule has 0 aliphatic carbocycles. The van der Waals surface area contributed by atoms with Crippen LogP contribution in [0, 0.1) is 0 Å². The monoisotopic (exact) mass is 183 g/mol. The molecule has 4 nitrogen and oxygen atoms in total. The van der Waals surface area contributed by atoms with Crippen LogP contribution in [0.2, 0.25) is 0 Å². The molecule has 2 rings (SSSR count). The number of amides is 1. The molecule has 1 amide bonds. The van der Waals surface area contributed by atoms with Crippen molar-refractivity contribution in [3.8, 4) is 0 Å². The third-order valence-electron chi connectivity index (χ3n) is 3.08. The van der Waals surface area contributed by atoms with Crippen LogP contribution < -0.4 is 16.0 Å². The van der Waals surface area contributed by atoms with Gasteiger partial charge >= 0.3 is 0 Å². The Morgan fingerprint density at radius 1 is 1.38 bits per heavy atom. The van der Waals surface area contributed by atoms with E-state index in [2.05, 4.69) is 16.0 Å². The molecule has 0 bridgehead atoms. The number of piperidine rings is 1. The molecule has 1 spiro atoms. The number of hydrogen-bond donors (Lipinski definition) is 3. The quantitative estimate of drug-likeness (QED) is 0.461. The lowest BCUT2D eigenvalue weighted by molar-refractivity contribution is -0.126. The maximum atomic E-state index is 11.2. The molecule has 2 aliphatic rings. The van der Waals surface area contributed by atoms with Gasteiger partial charge in [0.25, 0.3) is 0 Å². The summed E-state index contributed by atoms with van der Waals surface area (Å²) in [6.07, 6.45) is 2.22. The van der Waals surface area contributed by atoms with Crippen LogP contribution in [-0.2, 0) is 4.79 Å². The van der Waals surface area contributed by atoms with Crippen molar-refractivity contribution in [2.24, 2.45) is 0 Å². The maximum Gasteiger partial charge on any atom is 0.236 e. The smallest absolute Gasteiger partial charge is 0.236 e. The predicted octanol–water partition coefficient (Wildman–Crippen LogP) is -0.783. The van der Waals surface area contributed by atoms with Gasteiger partial charge in [0.05, 0.1) is 6.04 Å². The molecule has 0 radical (unpaired) electrons. The molecule has 0 unspecified atom stereocenters. The summed E-state index contributed by atoms with van der Waals surface area (Å²) in [6, 6.07) is -0.0353. The largest absolute Gasteiger partial charge is 0.353 e. The van der Waals surface area contributed by atoms with Gasteiger partial charge in [0.2, 0.25) is 5.91 Å². The zero-order chi connectivity index (χ0) is 9.31. The maximum absolute atomic E-state index is 11.2. The highest BCUT2D eigenvalue weighted by Gasteiger charge is 2.38. The average molecular weight is 183 g/mol. The summed E-state index contributed by atoms with van der Waals surface area (Å²) in [6.45, 7) is 4.82. The highest BCUT2D eigenvalue weighted by molar-refractivity contribution is 5.82. The van der Waals surface area contributed by atoms with Crippen LogP contribution in [0.1, 0.15) is 19.8 Å². The fourth-order valence-corrected chi connectivity index (χ4v) is 2.21. The molecule has 0 aromatic rings. The van der Waals surface area contributed by atoms with E-state index < -0.39 is 0 Å². The first-order valence-electron chi connectivity index (χ1n) is 4.98. The second-order valence-electron chi connectivity index (χ2n) is 4.11. The fraction of sp³-hybridized carbons (Fsp3) is 0.889. The zero-order valence-electron chi connectivity index (χ0n) is 8.02. The summed E-state index contributed by atoms with van der Waals surface area (Å²) in [5.74, 6) is 0.129. The predicted molar refractivity (Wildman–Crippen MR) is 50.4 cm³/mol. The molecule has 2 fully saturated rings. The highest BCUT2D eigenvalue weighted by atomic mass is 16.2. The van der Waals surface area contributed by atoms with E-state index in [1.54, 1.807) is 0 Å². The van der Waals surface area contributed by atoms with Crippen molar-refractivity contribution < 1.29 is 4.79 Å². The molecule has 0 aromatic carbocycles. The van der Waals surface area contributed by atoms with E-state index in [1.807, 2.05) is 6.92 Å². The van der Waals surface area contributed by atoms with E-state index in [0.29, 0.717) is 0 Å². The van der Waals surface area contributed by atoms with Crippen LogP contribution in [0.5, 0.6) is 0 Å². The third-order valence-corrected chi connectivity index (χ3v) is 3.08. The lowest BCUT2D eigenvalue weighted by Gasteiger charge is -2.43. The Morgan fingerprint density at radius 2 is 2.08 bits per heavy atom. The normalized spacial score (nSPS) is 33.0. The van der Waals surface area contributed by atoms with Gasteiger partial charge in [-0.3, -0.25) is 10.1 Å². The van der Waals surface area contributed by atoms with E-state index in [-0.39, 0.29) is 17.5 Å². The molecule has 4 heteroatoms. The second kappa shape index (κ2) is 3.27. The van der Waals surface area contributed by atoms with Crippen LogP contribution >= 0.6 is 0 Å². The number of carbonyl (C=O) groups excluding carboxylic acids is 1. The number of carbonyl (C=O) groups is 1. The summed E-state index contributed by atoms with van der Waals surface area (Å²) in [7, 11) is 0. The van der Waals surface area contributed by atoms with Gasteiger partial charge in [-0.2, -0.15) is 0 Å². The van der Waals surface area contributed by atoms with Crippen LogP contribution in [0.3, 0.4) is 0 Å². The minimum atomic E-state index is -0.0353. The number of piperazine rings is 1. The average Bonchev–Trinajstić information content (AvgIpc) is 2.14. The van der Waals surface area contributed by atoms with Crippen molar-refractivity contribution in [2.75, 3.05) is 19.6 Å². The lowest BCUT2D eigenvalue weighted by Crippen LogP contribution is -2.67. The van der Waals surface area contributed by atoms with Gasteiger partial charge in [-0.05, 0) is 32.9 Å². The van der Waals surface area contributed by atoms with Crippen molar-refractivity contribution in [1.29, 1.82) is 0 Å². The molecule has 2 saturated heterocycles. The van der Waals surface area contributed by atoms with Crippen molar-refractivity contribution in [3.63, 3.8) is 0 Å². The Morgan fingerprint density at radius 3 is 2.69 bits per heavy atom. The summed E-state index contributed by atoms with van der Waals surface area (Å²) < 4.78 is 0. The molecule has 2 aliphatic heterocycles. The minimum Gasteiger partial charge on any atom is -0.353 e. The van der Waals surface area contributed by atoms with E-state index in [0.717, 1.165) is 32.5 Å². The first kappa shape index (κ1) is 8.97. The summed E-state index contributed by atoms with van der Waals surface area (Å²) in [5.41, 5.74) is 0.165. The molecular weight excluding hydrogens is 166 g/mol. The van der Waals surface area contributed by atoms with E-state index in [1.165, 1.54) is 0 Å². The molecule has 2 heterocycles. The van der Waals surface area contributed by atoms with Gasteiger partial charge in [0, 0.05) is 12.1 Å². The highest BCUT2D eigenvalue weighted by Crippen LogP contribution is 2.20. The number of nitrogens with one attached hydrogen (secondary N) is 3. The molecule has 0 saturated carbocycles. The van der Waals surface area contributed by atoms with Crippen LogP contribution in [0.25, 0.3) is 0 Å². The summed E-state index contributed by atoms with van der Waals surface area (Å²) >= 11 is 0. The van der Waals surface area contributed by atoms with E-state index >= 15 is 0 Å². The van der Waals surface area contributed by atoms with Gasteiger partial charge in [-0.25, -0.2) is 0 Å². The van der Waals surface area contributed by atoms with Crippen LogP contribution in [-0.4, -0.2) is 37.1 Å². The molecule has 3 N–H and O–H groups in total. The van der Waals surface area contributed by atoms with Gasteiger partial charge < -0.3 is 10.6 Å². The van der Waals surface area contributed by atoms with E-state index in [4.69, 9.17) is 0 Å². The zero-order valence-corrected chi connectivity index (χ0v) is 8.02. The SMILES string of the molecule is C[C@@H]1NC2(CCNCC2)CNC1=O. The van der Waals surface area contributed by atoms with Crippen molar-refractivity contribution in [1.82, 2.24) is 16.0 Å². The molecule has 1 atom stereocenters. The first-order chi connectivity index (χ1) is 6.22. The summed E-state index contributed by atoms with van der Waals surface area (Å²) in [4.78, 5) is 11.2. The van der Waals surface area contributed by atoms with E-state index in [9.17, 15) is 4.79 Å². The lowest BCUT2D eigenvalue weighted by atomic mass is 9.85. The Labute approximate surface area is 78.5 Å². The standard InChI is InChI=1S/C9H17N3O/c1-7-8(13)11-6-9(12-7)2-4-10-5-3-9/h7,10,12H,2-6H2,1H3,(H,11,13)/t7-/m0/s1. The fourth-order valence-electron chi connectivity index (χ4n) is 2.21. The van der Waals surface area contributed by atoms with Crippen molar-refractivity contribution >= 4 is 5.91 Å². The molecular formula is C9H17N3O. The number of rotatable bonds is 0. The van der Waals surface area contributed by atoms with Gasteiger partial charge in [0.15, 0.2) is 0 Å². The van der Waals surface area contributed by atoms with Gasteiger partial charge in [-0.15, -0.1) is 0 Å². The first-order valence-corrected chi connectivity index (χ1v) is 4.98. The molecule has 13 heavy (non-hydrogen) atoms. The number of hydrogen-bond acceptors (Lipinski definition) is 3. The Hall–Kier alpha value is -0.610. The van der Waals surface area contributed by atoms with Gasteiger partial charge in [0.1, 0.15) is 0 Å². The summed E-state index contributed by atoms with van der Waals surface area (Å²) in [5, 5.41) is 9.72. The van der Waals surface area contributed by atoms with Crippen molar-refractivity contribution in [3.05, 3.63) is 0 Å². The van der Waals surface area contributed by atoms with Crippen LogP contribution in [0.4, 0.5) is 0 Å². The van der Waals surface area contributed by atoms with Crippen molar-refractivity contribution in [2.45, 2.75) is 31.3 Å². The Balaban J connectivity index is 2.02. The molecule has 74 valence electrons. The minimum absolute atomic E-state index is 0.0353. The van der Waals surface area contributed by atoms with Crippen LogP contribution in [0.15, 0.2) is 0 Å². The Bertz CT molecular complexity index is 211. The topological polar surface area (TPSA) is 53.2 Å². The molecule has 0 aromatic heterocycles. The van der Waals surface area contributed by atoms with Gasteiger partial charge in [-0.1, -0.05) is 0 Å². The third kappa shape index (κ3) is 1.69.